The second-order valence-corrected chi connectivity index (χ2v) is 3.54. The lowest BCUT2D eigenvalue weighted by Crippen LogP contribution is -2.10. The highest BCUT2D eigenvalue weighted by atomic mass is 14.2. The van der Waals surface area contributed by atoms with Crippen LogP contribution in [0.4, 0.5) is 0 Å². The van der Waals surface area contributed by atoms with E-state index in [4.69, 9.17) is 0 Å². The van der Waals surface area contributed by atoms with Crippen molar-refractivity contribution in [3.05, 3.63) is 35.4 Å². The fourth-order valence-electron chi connectivity index (χ4n) is 1.81. The molecule has 0 amide bonds. The number of hydrogen-bond donors (Lipinski definition) is 0. The summed E-state index contributed by atoms with van der Waals surface area (Å²) in [6.45, 7) is 2.33. The van der Waals surface area contributed by atoms with Gasteiger partial charge in [0.05, 0.1) is 0 Å². The molecule has 0 aromatic heterocycles. The molecular weight excluding hydrogens is 132 g/mol. The van der Waals surface area contributed by atoms with E-state index in [2.05, 4.69) is 25.1 Å². The lowest BCUT2D eigenvalue weighted by atomic mass is 9.85. The molecule has 0 heteroatoms. The van der Waals surface area contributed by atoms with E-state index in [1.165, 1.54) is 24.8 Å². The molecule has 57 valence electrons. The van der Waals surface area contributed by atoms with Gasteiger partial charge in [0.2, 0.25) is 0 Å². The SMILES string of the molecule is CC1CCc2c[c]ccc2C1. The van der Waals surface area contributed by atoms with Crippen LogP contribution in [0.25, 0.3) is 0 Å². The lowest BCUT2D eigenvalue weighted by Gasteiger charge is -2.20. The summed E-state index contributed by atoms with van der Waals surface area (Å²) in [6.07, 6.45) is 3.88. The standard InChI is InChI=1S/C11H13/c1-9-6-7-10-4-2-3-5-11(10)8-9/h3-5,9H,6-8H2,1H3. The first-order valence-corrected chi connectivity index (χ1v) is 4.34. The van der Waals surface area contributed by atoms with Crippen LogP contribution in [0.15, 0.2) is 18.2 Å². The minimum absolute atomic E-state index is 0.880. The van der Waals surface area contributed by atoms with E-state index in [1.807, 2.05) is 6.07 Å². The maximum absolute atomic E-state index is 3.14. The largest absolute Gasteiger partial charge is 0.0622 e. The molecule has 0 saturated carbocycles. The molecule has 0 spiro atoms. The van der Waals surface area contributed by atoms with Crippen molar-refractivity contribution in [3.63, 3.8) is 0 Å². The molecule has 1 unspecified atom stereocenters. The van der Waals surface area contributed by atoms with Gasteiger partial charge in [0.15, 0.2) is 0 Å². The van der Waals surface area contributed by atoms with Crippen molar-refractivity contribution in [2.45, 2.75) is 26.2 Å². The first-order valence-electron chi connectivity index (χ1n) is 4.34. The Bertz CT molecular complexity index is 250. The Kier molecular flexibility index (Phi) is 1.69. The van der Waals surface area contributed by atoms with Crippen LogP contribution in [0, 0.1) is 12.0 Å². The number of hydrogen-bond acceptors (Lipinski definition) is 0. The van der Waals surface area contributed by atoms with Crippen LogP contribution >= 0.6 is 0 Å². The first-order chi connectivity index (χ1) is 5.36. The van der Waals surface area contributed by atoms with Crippen LogP contribution in [0.3, 0.4) is 0 Å². The van der Waals surface area contributed by atoms with E-state index in [9.17, 15) is 0 Å². The van der Waals surface area contributed by atoms with Crippen LogP contribution < -0.4 is 0 Å². The summed E-state index contributed by atoms with van der Waals surface area (Å²) in [5.74, 6) is 0.880. The zero-order chi connectivity index (χ0) is 7.68. The molecule has 0 heterocycles. The van der Waals surface area contributed by atoms with Gasteiger partial charge in [-0.3, -0.25) is 0 Å². The van der Waals surface area contributed by atoms with E-state index in [-0.39, 0.29) is 0 Å². The van der Waals surface area contributed by atoms with Crippen LogP contribution in [0.2, 0.25) is 0 Å². The van der Waals surface area contributed by atoms with Gasteiger partial charge in [-0.2, -0.15) is 0 Å². The summed E-state index contributed by atoms with van der Waals surface area (Å²) in [5.41, 5.74) is 3.06. The van der Waals surface area contributed by atoms with Crippen LogP contribution in [0.5, 0.6) is 0 Å². The molecule has 0 fully saturated rings. The smallest absolute Gasteiger partial charge is 0.0181 e. The molecule has 1 radical (unpaired) electrons. The Balaban J connectivity index is 2.34. The number of benzene rings is 1. The second-order valence-electron chi connectivity index (χ2n) is 3.54. The van der Waals surface area contributed by atoms with Crippen molar-refractivity contribution >= 4 is 0 Å². The third-order valence-corrected chi connectivity index (χ3v) is 2.53. The molecule has 0 saturated heterocycles. The molecule has 1 aliphatic rings. The Hall–Kier alpha value is -0.780. The Morgan fingerprint density at radius 1 is 1.45 bits per heavy atom. The molecule has 0 nitrogen and oxygen atoms in total. The van der Waals surface area contributed by atoms with E-state index < -0.39 is 0 Å². The highest BCUT2D eigenvalue weighted by Crippen LogP contribution is 2.24. The quantitative estimate of drug-likeness (QED) is 0.526. The number of rotatable bonds is 0. The van der Waals surface area contributed by atoms with Gasteiger partial charge in [-0.15, -0.1) is 0 Å². The third-order valence-electron chi connectivity index (χ3n) is 2.53. The zero-order valence-corrected chi connectivity index (χ0v) is 6.93. The average molecular weight is 145 g/mol. The monoisotopic (exact) mass is 145 g/mol. The van der Waals surface area contributed by atoms with Crippen LogP contribution in [-0.2, 0) is 12.8 Å². The van der Waals surface area contributed by atoms with E-state index in [1.54, 1.807) is 5.56 Å². The molecule has 2 rings (SSSR count). The summed E-state index contributed by atoms with van der Waals surface area (Å²) in [5, 5.41) is 0. The Morgan fingerprint density at radius 3 is 3.27 bits per heavy atom. The molecule has 1 atom stereocenters. The van der Waals surface area contributed by atoms with Crippen molar-refractivity contribution in [2.24, 2.45) is 5.92 Å². The molecule has 0 N–H and O–H groups in total. The highest BCUT2D eigenvalue weighted by molar-refractivity contribution is 5.28. The molecule has 0 aliphatic heterocycles. The topological polar surface area (TPSA) is 0 Å². The van der Waals surface area contributed by atoms with Gasteiger partial charge < -0.3 is 0 Å². The summed E-state index contributed by atoms with van der Waals surface area (Å²) < 4.78 is 0. The van der Waals surface area contributed by atoms with Crippen molar-refractivity contribution < 1.29 is 0 Å². The molecule has 1 aromatic carbocycles. The lowest BCUT2D eigenvalue weighted by molar-refractivity contribution is 0.501. The predicted molar refractivity (Wildman–Crippen MR) is 46.5 cm³/mol. The fraction of sp³-hybridized carbons (Fsp3) is 0.455. The molecular formula is C11H13. The van der Waals surface area contributed by atoms with E-state index in [0.29, 0.717) is 0 Å². The van der Waals surface area contributed by atoms with Crippen molar-refractivity contribution in [3.8, 4) is 0 Å². The van der Waals surface area contributed by atoms with Gasteiger partial charge >= 0.3 is 0 Å². The predicted octanol–water partition coefficient (Wildman–Crippen LogP) is 2.61. The minimum Gasteiger partial charge on any atom is -0.0622 e. The number of aryl methyl sites for hydroxylation is 1. The van der Waals surface area contributed by atoms with E-state index in [0.717, 1.165) is 5.92 Å². The molecule has 0 bridgehead atoms. The zero-order valence-electron chi connectivity index (χ0n) is 6.93. The fourth-order valence-corrected chi connectivity index (χ4v) is 1.81. The molecule has 11 heavy (non-hydrogen) atoms. The minimum atomic E-state index is 0.880. The number of fused-ring (bicyclic) bond motifs is 1. The summed E-state index contributed by atoms with van der Waals surface area (Å²) in [7, 11) is 0. The summed E-state index contributed by atoms with van der Waals surface area (Å²) >= 11 is 0. The maximum Gasteiger partial charge on any atom is -0.0181 e. The maximum atomic E-state index is 3.14. The van der Waals surface area contributed by atoms with Gasteiger partial charge in [0, 0.05) is 0 Å². The Labute approximate surface area is 68.3 Å². The van der Waals surface area contributed by atoms with Crippen molar-refractivity contribution in [1.29, 1.82) is 0 Å². The first kappa shape index (κ1) is 6.90. The van der Waals surface area contributed by atoms with Crippen LogP contribution in [0.1, 0.15) is 24.5 Å². The normalized spacial score (nSPS) is 22.8. The van der Waals surface area contributed by atoms with Crippen molar-refractivity contribution in [2.75, 3.05) is 0 Å². The summed E-state index contributed by atoms with van der Waals surface area (Å²) in [6, 6.07) is 9.51. The second kappa shape index (κ2) is 2.69. The average Bonchev–Trinajstić information content (AvgIpc) is 2.04. The van der Waals surface area contributed by atoms with Gasteiger partial charge in [0.1, 0.15) is 0 Å². The van der Waals surface area contributed by atoms with Gasteiger partial charge in [-0.05, 0) is 42.4 Å². The Morgan fingerprint density at radius 2 is 2.36 bits per heavy atom. The van der Waals surface area contributed by atoms with E-state index >= 15 is 0 Å². The van der Waals surface area contributed by atoms with Gasteiger partial charge in [-0.1, -0.05) is 25.1 Å². The van der Waals surface area contributed by atoms with Crippen LogP contribution in [-0.4, -0.2) is 0 Å². The highest BCUT2D eigenvalue weighted by Gasteiger charge is 2.13. The molecule has 1 aliphatic carbocycles. The summed E-state index contributed by atoms with van der Waals surface area (Å²) in [4.78, 5) is 0. The van der Waals surface area contributed by atoms with Gasteiger partial charge in [-0.25, -0.2) is 0 Å². The molecule has 1 aromatic rings. The third kappa shape index (κ3) is 1.30. The van der Waals surface area contributed by atoms with Gasteiger partial charge in [0.25, 0.3) is 0 Å². The van der Waals surface area contributed by atoms with Crippen molar-refractivity contribution in [1.82, 2.24) is 0 Å².